The van der Waals surface area contributed by atoms with Crippen molar-refractivity contribution in [3.8, 4) is 0 Å². The molecule has 94 valence electrons. The quantitative estimate of drug-likeness (QED) is 0.523. The van der Waals surface area contributed by atoms with Crippen LogP contribution in [-0.4, -0.2) is 52.5 Å². The van der Waals surface area contributed by atoms with E-state index in [2.05, 4.69) is 29.5 Å². The summed E-state index contributed by atoms with van der Waals surface area (Å²) in [6.07, 6.45) is 0. The summed E-state index contributed by atoms with van der Waals surface area (Å²) in [7, 11) is 3.47. The second-order valence-electron chi connectivity index (χ2n) is 4.73. The molecule has 1 aliphatic rings. The molecule has 1 rings (SSSR count). The Balaban J connectivity index is 2.26. The third-order valence-corrected chi connectivity index (χ3v) is 2.61. The first kappa shape index (κ1) is 13.3. The minimum atomic E-state index is 0.252. The Labute approximate surface area is 97.6 Å². The van der Waals surface area contributed by atoms with E-state index < -0.39 is 0 Å². The average Bonchev–Trinajstić information content (AvgIpc) is 2.21. The van der Waals surface area contributed by atoms with Gasteiger partial charge in [-0.2, -0.15) is 0 Å². The average molecular weight is 229 g/mol. The number of nitrogens with zero attached hydrogens (tertiary/aromatic N) is 1. The van der Waals surface area contributed by atoms with Crippen molar-refractivity contribution >= 4 is 5.96 Å². The predicted molar refractivity (Wildman–Crippen MR) is 64.8 cm³/mol. The normalized spacial score (nSPS) is 21.1. The number of rotatable bonds is 5. The number of hydrogen-bond donors (Lipinski definition) is 2. The standard InChI is InChI=1S/C11H23N3O2/c1-9(5-15-4)14-10(12-3)13-6-11(2)7-16-8-11/h9H,5-8H2,1-4H3,(H2,12,13,14). The zero-order valence-corrected chi connectivity index (χ0v) is 10.7. The molecule has 0 radical (unpaired) electrons. The van der Waals surface area contributed by atoms with Crippen LogP contribution in [0.4, 0.5) is 0 Å². The zero-order chi connectivity index (χ0) is 12.0. The van der Waals surface area contributed by atoms with Gasteiger partial charge in [-0.3, -0.25) is 4.99 Å². The summed E-state index contributed by atoms with van der Waals surface area (Å²) in [5.74, 6) is 0.817. The molecule has 0 spiro atoms. The van der Waals surface area contributed by atoms with Crippen molar-refractivity contribution in [3.05, 3.63) is 0 Å². The molecular formula is C11H23N3O2. The van der Waals surface area contributed by atoms with Crippen LogP contribution >= 0.6 is 0 Å². The molecule has 1 saturated heterocycles. The molecule has 0 aromatic carbocycles. The van der Waals surface area contributed by atoms with Gasteiger partial charge in [-0.25, -0.2) is 0 Å². The van der Waals surface area contributed by atoms with Crippen LogP contribution in [0.25, 0.3) is 0 Å². The Morgan fingerprint density at radius 2 is 2.25 bits per heavy atom. The first-order valence-electron chi connectivity index (χ1n) is 5.63. The van der Waals surface area contributed by atoms with Crippen LogP contribution in [-0.2, 0) is 9.47 Å². The third kappa shape index (κ3) is 3.98. The number of aliphatic imine (C=N–C) groups is 1. The molecule has 0 amide bonds. The Morgan fingerprint density at radius 1 is 1.56 bits per heavy atom. The fourth-order valence-corrected chi connectivity index (χ4v) is 1.57. The molecule has 16 heavy (non-hydrogen) atoms. The highest BCUT2D eigenvalue weighted by atomic mass is 16.5. The van der Waals surface area contributed by atoms with E-state index in [1.54, 1.807) is 14.2 Å². The Morgan fingerprint density at radius 3 is 2.69 bits per heavy atom. The maximum absolute atomic E-state index is 5.20. The second kappa shape index (κ2) is 6.06. The van der Waals surface area contributed by atoms with Crippen molar-refractivity contribution in [3.63, 3.8) is 0 Å². The molecule has 1 heterocycles. The lowest BCUT2D eigenvalue weighted by atomic mass is 9.89. The summed E-state index contributed by atoms with van der Waals surface area (Å²) in [6, 6.07) is 0.252. The lowest BCUT2D eigenvalue weighted by Crippen LogP contribution is -2.52. The van der Waals surface area contributed by atoms with Crippen LogP contribution in [0.2, 0.25) is 0 Å². The summed E-state index contributed by atoms with van der Waals surface area (Å²) < 4.78 is 10.3. The van der Waals surface area contributed by atoms with E-state index in [-0.39, 0.29) is 11.5 Å². The van der Waals surface area contributed by atoms with Gasteiger partial charge < -0.3 is 20.1 Å². The van der Waals surface area contributed by atoms with Gasteiger partial charge in [-0.1, -0.05) is 6.92 Å². The maximum Gasteiger partial charge on any atom is 0.191 e. The monoisotopic (exact) mass is 229 g/mol. The molecule has 0 bridgehead atoms. The van der Waals surface area contributed by atoms with Crippen LogP contribution in [0.15, 0.2) is 4.99 Å². The van der Waals surface area contributed by atoms with Crippen LogP contribution in [0.5, 0.6) is 0 Å². The molecular weight excluding hydrogens is 206 g/mol. The number of guanidine groups is 1. The van der Waals surface area contributed by atoms with Crippen molar-refractivity contribution in [2.45, 2.75) is 19.9 Å². The fraction of sp³-hybridized carbons (Fsp3) is 0.909. The highest BCUT2D eigenvalue weighted by Gasteiger charge is 2.33. The fourth-order valence-electron chi connectivity index (χ4n) is 1.57. The minimum absolute atomic E-state index is 0.252. The predicted octanol–water partition coefficient (Wildman–Crippen LogP) is 0.223. The van der Waals surface area contributed by atoms with Crippen molar-refractivity contribution in [2.24, 2.45) is 10.4 Å². The first-order valence-corrected chi connectivity index (χ1v) is 5.63. The van der Waals surface area contributed by atoms with E-state index in [0.717, 1.165) is 25.7 Å². The van der Waals surface area contributed by atoms with E-state index >= 15 is 0 Å². The van der Waals surface area contributed by atoms with Crippen molar-refractivity contribution in [1.82, 2.24) is 10.6 Å². The van der Waals surface area contributed by atoms with Crippen LogP contribution in [0.1, 0.15) is 13.8 Å². The number of nitrogens with one attached hydrogen (secondary N) is 2. The molecule has 5 nitrogen and oxygen atoms in total. The summed E-state index contributed by atoms with van der Waals surface area (Å²) in [5.41, 5.74) is 0.252. The number of methoxy groups -OCH3 is 1. The molecule has 2 N–H and O–H groups in total. The van der Waals surface area contributed by atoms with Gasteiger partial charge in [0.1, 0.15) is 0 Å². The molecule has 1 fully saturated rings. The molecule has 0 saturated carbocycles. The number of ether oxygens (including phenoxy) is 2. The van der Waals surface area contributed by atoms with E-state index in [0.29, 0.717) is 6.61 Å². The minimum Gasteiger partial charge on any atom is -0.383 e. The summed E-state index contributed by atoms with van der Waals surface area (Å²) in [5, 5.41) is 6.57. The summed E-state index contributed by atoms with van der Waals surface area (Å²) >= 11 is 0. The highest BCUT2D eigenvalue weighted by Crippen LogP contribution is 2.24. The second-order valence-corrected chi connectivity index (χ2v) is 4.73. The first-order chi connectivity index (χ1) is 7.59. The van der Waals surface area contributed by atoms with Crippen LogP contribution in [0.3, 0.4) is 0 Å². The Hall–Kier alpha value is -0.810. The van der Waals surface area contributed by atoms with E-state index in [4.69, 9.17) is 9.47 Å². The molecule has 0 aromatic rings. The van der Waals surface area contributed by atoms with Gasteiger partial charge in [0.15, 0.2) is 5.96 Å². The topological polar surface area (TPSA) is 54.9 Å². The molecule has 0 aliphatic carbocycles. The Kier molecular flexibility index (Phi) is 5.02. The summed E-state index contributed by atoms with van der Waals surface area (Å²) in [4.78, 5) is 4.17. The maximum atomic E-state index is 5.20. The van der Waals surface area contributed by atoms with E-state index in [9.17, 15) is 0 Å². The number of hydrogen-bond acceptors (Lipinski definition) is 3. The van der Waals surface area contributed by atoms with Gasteiger partial charge >= 0.3 is 0 Å². The van der Waals surface area contributed by atoms with Gasteiger partial charge in [-0.15, -0.1) is 0 Å². The van der Waals surface area contributed by atoms with E-state index in [1.165, 1.54) is 0 Å². The zero-order valence-electron chi connectivity index (χ0n) is 10.7. The van der Waals surface area contributed by atoms with Crippen LogP contribution in [0, 0.1) is 5.41 Å². The van der Waals surface area contributed by atoms with Crippen molar-refractivity contribution in [1.29, 1.82) is 0 Å². The van der Waals surface area contributed by atoms with Crippen LogP contribution < -0.4 is 10.6 Å². The van der Waals surface area contributed by atoms with E-state index in [1.807, 2.05) is 0 Å². The van der Waals surface area contributed by atoms with Crippen molar-refractivity contribution in [2.75, 3.05) is 40.5 Å². The SMILES string of the molecule is CN=C(NCC1(C)COC1)NC(C)COC. The lowest BCUT2D eigenvalue weighted by molar-refractivity contribution is -0.0971. The van der Waals surface area contributed by atoms with Crippen molar-refractivity contribution < 1.29 is 9.47 Å². The van der Waals surface area contributed by atoms with Gasteiger partial charge in [0, 0.05) is 32.2 Å². The Bertz CT molecular complexity index is 239. The van der Waals surface area contributed by atoms with Gasteiger partial charge in [0.2, 0.25) is 0 Å². The van der Waals surface area contributed by atoms with Gasteiger partial charge in [0.25, 0.3) is 0 Å². The largest absolute Gasteiger partial charge is 0.383 e. The molecule has 1 atom stereocenters. The molecule has 0 aromatic heterocycles. The summed E-state index contributed by atoms with van der Waals surface area (Å²) in [6.45, 7) is 7.46. The smallest absolute Gasteiger partial charge is 0.191 e. The van der Waals surface area contributed by atoms with Gasteiger partial charge in [0.05, 0.1) is 19.8 Å². The lowest BCUT2D eigenvalue weighted by Gasteiger charge is -2.38. The molecule has 1 unspecified atom stereocenters. The highest BCUT2D eigenvalue weighted by molar-refractivity contribution is 5.79. The molecule has 1 aliphatic heterocycles. The molecule has 5 heteroatoms. The van der Waals surface area contributed by atoms with Gasteiger partial charge in [-0.05, 0) is 6.92 Å². The third-order valence-electron chi connectivity index (χ3n) is 2.61.